The summed E-state index contributed by atoms with van der Waals surface area (Å²) < 4.78 is 32.8. The minimum absolute atomic E-state index is 0.0519. The first-order valence-corrected chi connectivity index (χ1v) is 26.8. The van der Waals surface area contributed by atoms with Crippen LogP contribution in [-0.4, -0.2) is 49.3 Å². The molecule has 0 aromatic rings. The number of carbonyl (C=O) groups is 2. The normalized spacial score (nSPS) is 13.7. The standard InChI is InChI=1S/C52H94NO8P/c1-3-5-7-9-11-13-15-16-17-18-19-20-21-22-23-24-25-26-27-28-29-30-31-32-33-34-35-37-39-41-43-45-52(55)61-50(49-60-62(56,57)59-47-46-53)48-58-51(54)44-42-40-38-36-14-12-10-8-6-4-2/h5,7-8,10-11,13,16-17,19-20,50H,3-4,6,9,12,14-15,18,21-49,53H2,1-2H3,(H,56,57)/b7-5-,10-8-,13-11-,17-16-,20-19-. The molecule has 0 saturated heterocycles. The summed E-state index contributed by atoms with van der Waals surface area (Å²) in [6.07, 6.45) is 58.6. The topological polar surface area (TPSA) is 134 Å². The van der Waals surface area contributed by atoms with E-state index >= 15 is 0 Å². The van der Waals surface area contributed by atoms with Crippen molar-refractivity contribution in [2.75, 3.05) is 26.4 Å². The fourth-order valence-electron chi connectivity index (χ4n) is 6.92. The predicted molar refractivity (Wildman–Crippen MR) is 261 cm³/mol. The molecule has 0 aromatic heterocycles. The van der Waals surface area contributed by atoms with Crippen LogP contribution in [-0.2, 0) is 32.7 Å². The predicted octanol–water partition coefficient (Wildman–Crippen LogP) is 15.2. The van der Waals surface area contributed by atoms with Crippen LogP contribution >= 0.6 is 7.82 Å². The summed E-state index contributed by atoms with van der Waals surface area (Å²) in [4.78, 5) is 34.9. The van der Waals surface area contributed by atoms with Crippen molar-refractivity contribution in [2.45, 2.75) is 232 Å². The zero-order valence-corrected chi connectivity index (χ0v) is 40.7. The third kappa shape index (κ3) is 47.2. The Labute approximate surface area is 380 Å². The van der Waals surface area contributed by atoms with Gasteiger partial charge in [-0.15, -0.1) is 0 Å². The van der Waals surface area contributed by atoms with Gasteiger partial charge >= 0.3 is 19.8 Å². The molecular weight excluding hydrogens is 798 g/mol. The van der Waals surface area contributed by atoms with Gasteiger partial charge in [-0.1, -0.05) is 203 Å². The van der Waals surface area contributed by atoms with Gasteiger partial charge in [0.25, 0.3) is 0 Å². The number of rotatable bonds is 47. The first-order chi connectivity index (χ1) is 30.3. The molecule has 9 nitrogen and oxygen atoms in total. The third-order valence-corrected chi connectivity index (χ3v) is 11.6. The Balaban J connectivity index is 3.87. The van der Waals surface area contributed by atoms with Crippen LogP contribution in [0.25, 0.3) is 0 Å². The maximum absolute atomic E-state index is 12.6. The lowest BCUT2D eigenvalue weighted by Crippen LogP contribution is -2.29. The Kier molecular flexibility index (Phi) is 46.4. The summed E-state index contributed by atoms with van der Waals surface area (Å²) in [5, 5.41) is 0. The van der Waals surface area contributed by atoms with Crippen LogP contribution in [0.15, 0.2) is 60.8 Å². The highest BCUT2D eigenvalue weighted by molar-refractivity contribution is 7.47. The zero-order valence-electron chi connectivity index (χ0n) is 39.8. The quantitative estimate of drug-likeness (QED) is 0.0265. The van der Waals surface area contributed by atoms with E-state index in [1.165, 1.54) is 103 Å². The summed E-state index contributed by atoms with van der Waals surface area (Å²) in [5.74, 6) is -0.837. The van der Waals surface area contributed by atoms with Gasteiger partial charge in [-0.3, -0.25) is 18.6 Å². The molecule has 0 radical (unpaired) electrons. The summed E-state index contributed by atoms with van der Waals surface area (Å²) >= 11 is 0. The van der Waals surface area contributed by atoms with E-state index in [1.54, 1.807) is 0 Å². The number of allylic oxidation sites excluding steroid dienone is 10. The molecule has 0 aromatic carbocycles. The highest BCUT2D eigenvalue weighted by atomic mass is 31.2. The van der Waals surface area contributed by atoms with Gasteiger partial charge in [0.15, 0.2) is 6.10 Å². The second-order valence-corrected chi connectivity index (χ2v) is 18.1. The smallest absolute Gasteiger partial charge is 0.462 e. The molecule has 10 heteroatoms. The van der Waals surface area contributed by atoms with Gasteiger partial charge in [0.05, 0.1) is 13.2 Å². The van der Waals surface area contributed by atoms with Crippen LogP contribution in [0.4, 0.5) is 0 Å². The molecule has 0 aliphatic carbocycles. The molecule has 360 valence electrons. The van der Waals surface area contributed by atoms with E-state index < -0.39 is 32.5 Å². The van der Waals surface area contributed by atoms with Crippen molar-refractivity contribution < 1.29 is 37.6 Å². The second kappa shape index (κ2) is 48.2. The van der Waals surface area contributed by atoms with Crippen molar-refractivity contribution in [2.24, 2.45) is 5.73 Å². The Morgan fingerprint density at radius 1 is 0.500 bits per heavy atom. The van der Waals surface area contributed by atoms with E-state index in [9.17, 15) is 19.0 Å². The molecule has 0 spiro atoms. The van der Waals surface area contributed by atoms with Crippen LogP contribution in [0, 0.1) is 0 Å². The minimum Gasteiger partial charge on any atom is -0.462 e. The Morgan fingerprint density at radius 3 is 1.34 bits per heavy atom. The van der Waals surface area contributed by atoms with Crippen LogP contribution < -0.4 is 5.73 Å². The van der Waals surface area contributed by atoms with E-state index in [-0.39, 0.29) is 32.6 Å². The molecule has 2 atom stereocenters. The second-order valence-electron chi connectivity index (χ2n) is 16.7. The molecule has 0 fully saturated rings. The number of esters is 2. The van der Waals surface area contributed by atoms with E-state index in [2.05, 4.69) is 74.6 Å². The average molecular weight is 892 g/mol. The van der Waals surface area contributed by atoms with E-state index in [0.717, 1.165) is 89.9 Å². The molecule has 0 aliphatic rings. The van der Waals surface area contributed by atoms with Crippen LogP contribution in [0.1, 0.15) is 226 Å². The van der Waals surface area contributed by atoms with Crippen molar-refractivity contribution in [1.29, 1.82) is 0 Å². The number of hydrogen-bond acceptors (Lipinski definition) is 8. The number of hydrogen-bond donors (Lipinski definition) is 2. The Hall–Kier alpha value is -2.29. The molecule has 0 amide bonds. The van der Waals surface area contributed by atoms with E-state index in [0.29, 0.717) is 6.42 Å². The van der Waals surface area contributed by atoms with E-state index in [4.69, 9.17) is 24.3 Å². The summed E-state index contributed by atoms with van der Waals surface area (Å²) in [6, 6.07) is 0. The Morgan fingerprint density at radius 2 is 0.887 bits per heavy atom. The van der Waals surface area contributed by atoms with Crippen LogP contribution in [0.5, 0.6) is 0 Å². The molecule has 0 rings (SSSR count). The van der Waals surface area contributed by atoms with Crippen molar-refractivity contribution in [3.63, 3.8) is 0 Å². The fourth-order valence-corrected chi connectivity index (χ4v) is 7.69. The SMILES string of the molecule is CC/C=C\C/C=C\C/C=C\C/C=C\CCCCCCCCCCCCCCCCCCCCC(=O)OC(COC(=O)CCCCCCC/C=C\CCC)COP(=O)(O)OCCN. The van der Waals surface area contributed by atoms with Crippen LogP contribution in [0.2, 0.25) is 0 Å². The Bertz CT molecular complexity index is 1200. The van der Waals surface area contributed by atoms with Gasteiger partial charge in [0, 0.05) is 19.4 Å². The number of ether oxygens (including phenoxy) is 2. The maximum atomic E-state index is 12.6. The van der Waals surface area contributed by atoms with Crippen molar-refractivity contribution in [1.82, 2.24) is 0 Å². The largest absolute Gasteiger partial charge is 0.472 e. The molecule has 0 aliphatic heterocycles. The highest BCUT2D eigenvalue weighted by Gasteiger charge is 2.26. The van der Waals surface area contributed by atoms with Crippen molar-refractivity contribution in [3.05, 3.63) is 60.8 Å². The highest BCUT2D eigenvalue weighted by Crippen LogP contribution is 2.43. The monoisotopic (exact) mass is 892 g/mol. The summed E-state index contributed by atoms with van der Waals surface area (Å²) in [5.41, 5.74) is 5.35. The lowest BCUT2D eigenvalue weighted by atomic mass is 10.0. The number of phosphoric acid groups is 1. The van der Waals surface area contributed by atoms with Gasteiger partial charge in [-0.05, 0) is 70.6 Å². The van der Waals surface area contributed by atoms with Gasteiger partial charge in [-0.2, -0.15) is 0 Å². The maximum Gasteiger partial charge on any atom is 0.472 e. The first-order valence-electron chi connectivity index (χ1n) is 25.3. The summed E-state index contributed by atoms with van der Waals surface area (Å²) in [7, 11) is -4.38. The minimum atomic E-state index is -4.38. The molecule has 0 saturated carbocycles. The number of nitrogens with two attached hydrogens (primary N) is 1. The van der Waals surface area contributed by atoms with Crippen molar-refractivity contribution >= 4 is 19.8 Å². The van der Waals surface area contributed by atoms with Gasteiger partial charge in [-0.25, -0.2) is 4.57 Å². The van der Waals surface area contributed by atoms with Gasteiger partial charge in [0.2, 0.25) is 0 Å². The third-order valence-electron chi connectivity index (χ3n) is 10.6. The number of phosphoric ester groups is 1. The first kappa shape index (κ1) is 59.7. The molecule has 0 bridgehead atoms. The van der Waals surface area contributed by atoms with E-state index in [1.807, 2.05) is 0 Å². The lowest BCUT2D eigenvalue weighted by molar-refractivity contribution is -0.161. The van der Waals surface area contributed by atoms with Gasteiger partial charge in [0.1, 0.15) is 6.61 Å². The number of unbranched alkanes of at least 4 members (excludes halogenated alkanes) is 24. The molecule has 3 N–H and O–H groups in total. The average Bonchev–Trinajstić information content (AvgIpc) is 3.26. The fraction of sp³-hybridized carbons (Fsp3) is 0.769. The zero-order chi connectivity index (χ0) is 45.3. The molecule has 0 heterocycles. The summed E-state index contributed by atoms with van der Waals surface area (Å²) in [6.45, 7) is 3.56. The lowest BCUT2D eigenvalue weighted by Gasteiger charge is -2.19. The van der Waals surface area contributed by atoms with Crippen molar-refractivity contribution in [3.8, 4) is 0 Å². The number of carbonyl (C=O) groups excluding carboxylic acids is 2. The van der Waals surface area contributed by atoms with Crippen LogP contribution in [0.3, 0.4) is 0 Å². The van der Waals surface area contributed by atoms with Gasteiger partial charge < -0.3 is 20.1 Å². The molecular formula is C52H94NO8P. The molecule has 2 unspecified atom stereocenters. The molecule has 62 heavy (non-hydrogen) atoms.